The summed E-state index contributed by atoms with van der Waals surface area (Å²) in [6.45, 7) is 4.62. The van der Waals surface area contributed by atoms with Crippen LogP contribution < -0.4 is 10.1 Å². The summed E-state index contributed by atoms with van der Waals surface area (Å²) in [6.07, 6.45) is 7.48. The van der Waals surface area contributed by atoms with Gasteiger partial charge in [-0.25, -0.2) is 0 Å². The number of amides is 1. The molecule has 164 valence electrons. The number of aryl methyl sites for hydroxylation is 1. The van der Waals surface area contributed by atoms with Crippen LogP contribution in [0.25, 0.3) is 0 Å². The van der Waals surface area contributed by atoms with Crippen molar-refractivity contribution in [1.82, 2.24) is 15.2 Å². The number of aromatic nitrogens is 1. The zero-order valence-corrected chi connectivity index (χ0v) is 18.3. The number of rotatable bonds is 8. The number of hydrogen-bond acceptors (Lipinski definition) is 4. The second-order valence-electron chi connectivity index (χ2n) is 8.51. The molecule has 1 amide bonds. The smallest absolute Gasteiger partial charge is 0.241 e. The fourth-order valence-corrected chi connectivity index (χ4v) is 3.92. The van der Waals surface area contributed by atoms with Crippen LogP contribution in [0.4, 0.5) is 0 Å². The Kier molecular flexibility index (Phi) is 7.18. The summed E-state index contributed by atoms with van der Waals surface area (Å²) >= 11 is 0. The normalized spacial score (nSPS) is 17.5. The van der Waals surface area contributed by atoms with Crippen molar-refractivity contribution < 1.29 is 9.53 Å². The molecular weight excluding hydrogens is 388 g/mol. The van der Waals surface area contributed by atoms with E-state index >= 15 is 0 Å². The number of ether oxygens (including phenoxy) is 1. The van der Waals surface area contributed by atoms with Crippen molar-refractivity contribution in [2.75, 3.05) is 26.2 Å². The first kappa shape index (κ1) is 21.3. The van der Waals surface area contributed by atoms with Crippen LogP contribution in [0, 0.1) is 12.8 Å². The highest BCUT2D eigenvalue weighted by Crippen LogP contribution is 2.31. The van der Waals surface area contributed by atoms with E-state index in [1.807, 2.05) is 36.4 Å². The number of carbonyl (C=O) groups is 1. The molecule has 0 radical (unpaired) electrons. The van der Waals surface area contributed by atoms with Crippen molar-refractivity contribution in [2.45, 2.75) is 45.1 Å². The molecule has 1 aromatic heterocycles. The molecule has 0 atom stereocenters. The second kappa shape index (κ2) is 10.4. The molecule has 0 spiro atoms. The summed E-state index contributed by atoms with van der Waals surface area (Å²) in [6, 6.07) is 14.0. The number of hydrogen-bond donors (Lipinski definition) is 1. The molecule has 2 aromatic rings. The van der Waals surface area contributed by atoms with E-state index in [1.165, 1.54) is 12.8 Å². The molecule has 2 fully saturated rings. The van der Waals surface area contributed by atoms with Crippen molar-refractivity contribution >= 4 is 11.7 Å². The molecular formula is C25H32N4O2. The van der Waals surface area contributed by atoms with Crippen LogP contribution >= 0.6 is 0 Å². The fraction of sp³-hybridized carbons (Fsp3) is 0.480. The highest BCUT2D eigenvalue weighted by atomic mass is 16.5. The van der Waals surface area contributed by atoms with Gasteiger partial charge in [-0.1, -0.05) is 37.1 Å². The molecule has 6 heteroatoms. The highest BCUT2D eigenvalue weighted by molar-refractivity contribution is 5.98. The van der Waals surface area contributed by atoms with Crippen molar-refractivity contribution in [1.29, 1.82) is 0 Å². The molecule has 1 saturated carbocycles. The van der Waals surface area contributed by atoms with Gasteiger partial charge in [-0.05, 0) is 43.0 Å². The van der Waals surface area contributed by atoms with Gasteiger partial charge < -0.3 is 15.0 Å². The van der Waals surface area contributed by atoms with E-state index in [0.717, 1.165) is 67.7 Å². The van der Waals surface area contributed by atoms with E-state index in [-0.39, 0.29) is 18.6 Å². The van der Waals surface area contributed by atoms with Gasteiger partial charge in [0.2, 0.25) is 5.91 Å². The minimum Gasteiger partial charge on any atom is -0.490 e. The van der Waals surface area contributed by atoms with Crippen molar-refractivity contribution in [3.63, 3.8) is 0 Å². The molecule has 2 aliphatic rings. The first-order chi connectivity index (χ1) is 15.2. The Hall–Kier alpha value is -2.89. The Morgan fingerprint density at radius 1 is 1.13 bits per heavy atom. The number of aliphatic imine (C=N–C) groups is 1. The van der Waals surface area contributed by atoms with E-state index in [2.05, 4.69) is 33.2 Å². The Morgan fingerprint density at radius 3 is 2.61 bits per heavy atom. The van der Waals surface area contributed by atoms with Crippen LogP contribution in [0.3, 0.4) is 0 Å². The van der Waals surface area contributed by atoms with E-state index in [0.29, 0.717) is 0 Å². The van der Waals surface area contributed by atoms with E-state index in [4.69, 9.17) is 4.74 Å². The highest BCUT2D eigenvalue weighted by Gasteiger charge is 2.25. The maximum atomic E-state index is 12.3. The molecule has 2 heterocycles. The van der Waals surface area contributed by atoms with Crippen molar-refractivity contribution in [3.8, 4) is 5.75 Å². The summed E-state index contributed by atoms with van der Waals surface area (Å²) in [7, 11) is 0. The van der Waals surface area contributed by atoms with Crippen LogP contribution in [0.1, 0.15) is 43.4 Å². The molecule has 31 heavy (non-hydrogen) atoms. The van der Waals surface area contributed by atoms with Gasteiger partial charge in [0.05, 0.1) is 0 Å². The molecule has 1 aliphatic carbocycles. The predicted octanol–water partition coefficient (Wildman–Crippen LogP) is 3.60. The van der Waals surface area contributed by atoms with Gasteiger partial charge in [-0.3, -0.25) is 14.8 Å². The van der Waals surface area contributed by atoms with Crippen molar-refractivity contribution in [3.05, 3.63) is 59.9 Å². The van der Waals surface area contributed by atoms with Gasteiger partial charge in [-0.15, -0.1) is 0 Å². The summed E-state index contributed by atoms with van der Waals surface area (Å²) in [5.41, 5.74) is 1.97. The number of para-hydroxylation sites is 1. The minimum atomic E-state index is -0.0214. The van der Waals surface area contributed by atoms with Crippen molar-refractivity contribution in [2.24, 2.45) is 10.9 Å². The van der Waals surface area contributed by atoms with Crippen LogP contribution in [-0.2, 0) is 4.79 Å². The standard InChI is InChI=1S/C25H32N4O2/c1-19-6-2-3-8-23(19)31-21-12-16-29(17-13-21)25(22-7-4-5-14-26-22)28-18-24(30)27-15-11-20-9-10-20/h2-8,14,20-21H,9-13,15-18H2,1H3,(H,27,30)/b28-25+. The van der Waals surface area contributed by atoms with E-state index < -0.39 is 0 Å². The lowest BCUT2D eigenvalue weighted by atomic mass is 10.1. The van der Waals surface area contributed by atoms with Gasteiger partial charge >= 0.3 is 0 Å². The molecule has 1 N–H and O–H groups in total. The van der Waals surface area contributed by atoms with Crippen LogP contribution in [0.2, 0.25) is 0 Å². The number of amidine groups is 1. The number of likely N-dealkylation sites (tertiary alicyclic amines) is 1. The van der Waals surface area contributed by atoms with E-state index in [9.17, 15) is 4.79 Å². The maximum Gasteiger partial charge on any atom is 0.241 e. The molecule has 1 saturated heterocycles. The maximum absolute atomic E-state index is 12.3. The van der Waals surface area contributed by atoms with Crippen LogP contribution in [0.5, 0.6) is 5.75 Å². The summed E-state index contributed by atoms with van der Waals surface area (Å²) in [5.74, 6) is 2.55. The van der Waals surface area contributed by atoms with Gasteiger partial charge in [0, 0.05) is 38.7 Å². The van der Waals surface area contributed by atoms with Gasteiger partial charge in [-0.2, -0.15) is 0 Å². The number of pyridine rings is 1. The van der Waals surface area contributed by atoms with Crippen LogP contribution in [0.15, 0.2) is 53.7 Å². The monoisotopic (exact) mass is 420 g/mol. The van der Waals surface area contributed by atoms with Gasteiger partial charge in [0.25, 0.3) is 0 Å². The average Bonchev–Trinajstić information content (AvgIpc) is 3.62. The number of carbonyl (C=O) groups excluding carboxylic acids is 1. The molecule has 6 nitrogen and oxygen atoms in total. The SMILES string of the molecule is Cc1ccccc1OC1CCN(/C(=N/CC(=O)NCCC2CC2)c2ccccn2)CC1. The summed E-state index contributed by atoms with van der Waals surface area (Å²) in [4.78, 5) is 23.7. The van der Waals surface area contributed by atoms with Gasteiger partial charge in [0.1, 0.15) is 29.9 Å². The Morgan fingerprint density at radius 2 is 1.90 bits per heavy atom. The molecule has 0 unspecified atom stereocenters. The molecule has 4 rings (SSSR count). The lowest BCUT2D eigenvalue weighted by Crippen LogP contribution is -2.43. The zero-order valence-electron chi connectivity index (χ0n) is 18.3. The van der Waals surface area contributed by atoms with Gasteiger partial charge in [0.15, 0.2) is 0 Å². The lowest BCUT2D eigenvalue weighted by Gasteiger charge is -2.34. The Balaban J connectivity index is 1.35. The Bertz CT molecular complexity index is 887. The van der Waals surface area contributed by atoms with E-state index in [1.54, 1.807) is 6.20 Å². The lowest BCUT2D eigenvalue weighted by molar-refractivity contribution is -0.119. The fourth-order valence-electron chi connectivity index (χ4n) is 3.92. The number of piperidine rings is 1. The third kappa shape index (κ3) is 6.29. The Labute approximate surface area is 184 Å². The first-order valence-corrected chi connectivity index (χ1v) is 11.4. The number of nitrogens with zero attached hydrogens (tertiary/aromatic N) is 3. The van der Waals surface area contributed by atoms with Crippen LogP contribution in [-0.4, -0.2) is 53.9 Å². The predicted molar refractivity (Wildman–Crippen MR) is 122 cm³/mol. The molecule has 0 bridgehead atoms. The first-order valence-electron chi connectivity index (χ1n) is 11.4. The zero-order chi connectivity index (χ0) is 21.5. The summed E-state index contributed by atoms with van der Waals surface area (Å²) < 4.78 is 6.24. The number of benzene rings is 1. The quantitative estimate of drug-likeness (QED) is 0.523. The second-order valence-corrected chi connectivity index (χ2v) is 8.51. The summed E-state index contributed by atoms with van der Waals surface area (Å²) in [5, 5.41) is 3.00. The minimum absolute atomic E-state index is 0.0214. The third-order valence-electron chi connectivity index (χ3n) is 5.97. The average molecular weight is 421 g/mol. The number of nitrogens with one attached hydrogen (secondary N) is 1. The topological polar surface area (TPSA) is 66.8 Å². The molecule has 1 aliphatic heterocycles. The largest absolute Gasteiger partial charge is 0.490 e. The third-order valence-corrected chi connectivity index (χ3v) is 5.97. The molecule has 1 aromatic carbocycles.